The fourth-order valence-electron chi connectivity index (χ4n) is 3.01. The Labute approximate surface area is 130 Å². The number of aliphatic hydroxyl groups is 1. The van der Waals surface area contributed by atoms with Crippen LogP contribution in [0.3, 0.4) is 0 Å². The Morgan fingerprint density at radius 3 is 2.41 bits per heavy atom. The van der Waals surface area contributed by atoms with Gasteiger partial charge in [0.15, 0.2) is 5.76 Å². The van der Waals surface area contributed by atoms with Crippen molar-refractivity contribution in [1.82, 2.24) is 4.90 Å². The average Bonchev–Trinajstić information content (AvgIpc) is 3.10. The fraction of sp³-hybridized carbons (Fsp3) is 0.389. The third-order valence-electron chi connectivity index (χ3n) is 4.36. The lowest BCUT2D eigenvalue weighted by Crippen LogP contribution is -2.38. The Hall–Kier alpha value is -2.07. The number of carbonyl (C=O) groups excluding carboxylic acids is 1. The molecule has 1 aliphatic rings. The van der Waals surface area contributed by atoms with Gasteiger partial charge in [-0.25, -0.2) is 0 Å². The number of furan rings is 1. The first-order valence-corrected chi connectivity index (χ1v) is 7.77. The maximum Gasteiger partial charge on any atom is 0.289 e. The summed E-state index contributed by atoms with van der Waals surface area (Å²) in [6.07, 6.45) is 4.62. The summed E-state index contributed by atoms with van der Waals surface area (Å²) in [7, 11) is 0. The molecule has 0 unspecified atom stereocenters. The lowest BCUT2D eigenvalue weighted by atomic mass is 9.90. The standard InChI is InChI=1S/C18H21NO3/c20-13-16-5-3-14(4-6-16)12-15-7-9-19(10-8-15)18(21)17-2-1-11-22-17/h1-6,11,15,20H,7-10,12-13H2. The number of carbonyl (C=O) groups is 1. The Balaban J connectivity index is 1.52. The maximum absolute atomic E-state index is 12.2. The molecule has 116 valence electrons. The van der Waals surface area contributed by atoms with Crippen LogP contribution in [0.4, 0.5) is 0 Å². The SMILES string of the molecule is O=C(c1ccco1)N1CCC(Cc2ccc(CO)cc2)CC1. The van der Waals surface area contributed by atoms with Gasteiger partial charge >= 0.3 is 0 Å². The van der Waals surface area contributed by atoms with Crippen LogP contribution >= 0.6 is 0 Å². The number of aliphatic hydroxyl groups excluding tert-OH is 1. The molecule has 0 atom stereocenters. The molecule has 0 saturated carbocycles. The van der Waals surface area contributed by atoms with Gasteiger partial charge in [0.05, 0.1) is 12.9 Å². The lowest BCUT2D eigenvalue weighted by molar-refractivity contribution is 0.0658. The molecule has 0 radical (unpaired) electrons. The van der Waals surface area contributed by atoms with Gasteiger partial charge in [0.2, 0.25) is 0 Å². The van der Waals surface area contributed by atoms with Crippen LogP contribution in [-0.4, -0.2) is 29.0 Å². The first kappa shape index (κ1) is 14.9. The number of amides is 1. The zero-order chi connectivity index (χ0) is 15.4. The highest BCUT2D eigenvalue weighted by Gasteiger charge is 2.24. The second-order valence-corrected chi connectivity index (χ2v) is 5.89. The molecule has 3 rings (SSSR count). The Kier molecular flexibility index (Phi) is 4.59. The smallest absolute Gasteiger partial charge is 0.289 e. The molecule has 2 heterocycles. The molecule has 1 saturated heterocycles. The van der Waals surface area contributed by atoms with E-state index in [2.05, 4.69) is 12.1 Å². The van der Waals surface area contributed by atoms with Gasteiger partial charge < -0.3 is 14.4 Å². The van der Waals surface area contributed by atoms with Gasteiger partial charge in [-0.15, -0.1) is 0 Å². The molecule has 1 aliphatic heterocycles. The molecule has 0 aliphatic carbocycles. The zero-order valence-electron chi connectivity index (χ0n) is 12.6. The lowest BCUT2D eigenvalue weighted by Gasteiger charge is -2.31. The van der Waals surface area contributed by atoms with E-state index in [1.807, 2.05) is 17.0 Å². The normalized spacial score (nSPS) is 16.0. The molecule has 1 N–H and O–H groups in total. The number of rotatable bonds is 4. The van der Waals surface area contributed by atoms with Crippen molar-refractivity contribution in [2.45, 2.75) is 25.9 Å². The Morgan fingerprint density at radius 1 is 1.14 bits per heavy atom. The molecule has 1 amide bonds. The zero-order valence-corrected chi connectivity index (χ0v) is 12.6. The number of benzene rings is 1. The van der Waals surface area contributed by atoms with Gasteiger partial charge in [-0.2, -0.15) is 0 Å². The maximum atomic E-state index is 12.2. The highest BCUT2D eigenvalue weighted by molar-refractivity contribution is 5.91. The average molecular weight is 299 g/mol. The van der Waals surface area contributed by atoms with Gasteiger partial charge in [-0.3, -0.25) is 4.79 Å². The second-order valence-electron chi connectivity index (χ2n) is 5.89. The number of hydrogen-bond acceptors (Lipinski definition) is 3. The first-order chi connectivity index (χ1) is 10.8. The van der Waals surface area contributed by atoms with Gasteiger partial charge in [-0.1, -0.05) is 24.3 Å². The molecule has 2 aromatic rings. The van der Waals surface area contributed by atoms with Crippen LogP contribution in [0.2, 0.25) is 0 Å². The highest BCUT2D eigenvalue weighted by atomic mass is 16.3. The summed E-state index contributed by atoms with van der Waals surface area (Å²) >= 11 is 0. The van der Waals surface area contributed by atoms with Crippen molar-refractivity contribution in [2.75, 3.05) is 13.1 Å². The highest BCUT2D eigenvalue weighted by Crippen LogP contribution is 2.23. The topological polar surface area (TPSA) is 53.7 Å². The van der Waals surface area contributed by atoms with Crippen LogP contribution < -0.4 is 0 Å². The van der Waals surface area contributed by atoms with E-state index in [0.29, 0.717) is 11.7 Å². The van der Waals surface area contributed by atoms with Crippen molar-refractivity contribution in [3.63, 3.8) is 0 Å². The molecule has 1 aromatic heterocycles. The van der Waals surface area contributed by atoms with Crippen molar-refractivity contribution < 1.29 is 14.3 Å². The third-order valence-corrected chi connectivity index (χ3v) is 4.36. The summed E-state index contributed by atoms with van der Waals surface area (Å²) in [4.78, 5) is 14.1. The molecular weight excluding hydrogens is 278 g/mol. The van der Waals surface area contributed by atoms with Gasteiger partial charge in [0, 0.05) is 13.1 Å². The van der Waals surface area contributed by atoms with E-state index in [1.54, 1.807) is 12.1 Å². The van der Waals surface area contributed by atoms with Crippen LogP contribution in [0.15, 0.2) is 47.1 Å². The van der Waals surface area contributed by atoms with Crippen molar-refractivity contribution >= 4 is 5.91 Å². The quantitative estimate of drug-likeness (QED) is 0.944. The molecule has 1 aromatic carbocycles. The monoisotopic (exact) mass is 299 g/mol. The molecule has 0 bridgehead atoms. The number of nitrogens with zero attached hydrogens (tertiary/aromatic N) is 1. The van der Waals surface area contributed by atoms with Crippen molar-refractivity contribution in [3.05, 3.63) is 59.5 Å². The summed E-state index contributed by atoms with van der Waals surface area (Å²) in [5.74, 6) is 1.04. The summed E-state index contributed by atoms with van der Waals surface area (Å²) in [5.41, 5.74) is 2.25. The minimum absolute atomic E-state index is 0.00394. The minimum Gasteiger partial charge on any atom is -0.459 e. The fourth-order valence-corrected chi connectivity index (χ4v) is 3.01. The van der Waals surface area contributed by atoms with E-state index in [9.17, 15) is 4.79 Å². The molecule has 1 fully saturated rings. The summed E-state index contributed by atoms with van der Waals surface area (Å²) in [5, 5.41) is 9.06. The van der Waals surface area contributed by atoms with Crippen LogP contribution in [0.5, 0.6) is 0 Å². The van der Waals surface area contributed by atoms with E-state index in [1.165, 1.54) is 11.8 Å². The first-order valence-electron chi connectivity index (χ1n) is 7.77. The number of likely N-dealkylation sites (tertiary alicyclic amines) is 1. The second kappa shape index (κ2) is 6.79. The van der Waals surface area contributed by atoms with Crippen LogP contribution in [-0.2, 0) is 13.0 Å². The van der Waals surface area contributed by atoms with E-state index >= 15 is 0 Å². The summed E-state index contributed by atoms with van der Waals surface area (Å²) < 4.78 is 5.18. The van der Waals surface area contributed by atoms with E-state index < -0.39 is 0 Å². The van der Waals surface area contributed by atoms with Crippen LogP contribution in [0.1, 0.15) is 34.5 Å². The predicted octanol–water partition coefficient (Wildman–Crippen LogP) is 2.87. The van der Waals surface area contributed by atoms with Gasteiger partial charge in [-0.05, 0) is 48.4 Å². The third kappa shape index (κ3) is 3.39. The molecule has 22 heavy (non-hydrogen) atoms. The minimum atomic E-state index is -0.00394. The van der Waals surface area contributed by atoms with E-state index in [4.69, 9.17) is 9.52 Å². The predicted molar refractivity (Wildman–Crippen MR) is 83.4 cm³/mol. The van der Waals surface area contributed by atoms with E-state index in [0.717, 1.165) is 37.9 Å². The van der Waals surface area contributed by atoms with Crippen LogP contribution in [0, 0.1) is 5.92 Å². The molecule has 4 nitrogen and oxygen atoms in total. The van der Waals surface area contributed by atoms with E-state index in [-0.39, 0.29) is 12.5 Å². The van der Waals surface area contributed by atoms with Crippen molar-refractivity contribution in [1.29, 1.82) is 0 Å². The van der Waals surface area contributed by atoms with Gasteiger partial charge in [0.1, 0.15) is 0 Å². The van der Waals surface area contributed by atoms with Crippen LogP contribution in [0.25, 0.3) is 0 Å². The Bertz CT molecular complexity index is 596. The number of hydrogen-bond donors (Lipinski definition) is 1. The molecule has 4 heteroatoms. The summed E-state index contributed by atoms with van der Waals surface area (Å²) in [6, 6.07) is 11.6. The van der Waals surface area contributed by atoms with Crippen molar-refractivity contribution in [3.8, 4) is 0 Å². The molecular formula is C18H21NO3. The molecule has 0 spiro atoms. The number of piperidine rings is 1. The summed E-state index contributed by atoms with van der Waals surface area (Å²) in [6.45, 7) is 1.67. The Morgan fingerprint density at radius 2 is 1.82 bits per heavy atom. The van der Waals surface area contributed by atoms with Crippen molar-refractivity contribution in [2.24, 2.45) is 5.92 Å². The van der Waals surface area contributed by atoms with Gasteiger partial charge in [0.25, 0.3) is 5.91 Å². The largest absolute Gasteiger partial charge is 0.459 e.